The zero-order chi connectivity index (χ0) is 10.1. The molecule has 80 valence electrons. The SMILES string of the molecule is C[C@@H]1CCCC[C@@H]1NC(=O)[C@@H]1C[C@H]1C. The van der Waals surface area contributed by atoms with Crippen LogP contribution in [0.1, 0.15) is 46.0 Å². The molecule has 0 aromatic carbocycles. The molecule has 0 aromatic heterocycles. The lowest BCUT2D eigenvalue weighted by molar-refractivity contribution is -0.123. The molecule has 0 aliphatic heterocycles. The molecule has 2 aliphatic rings. The molecule has 1 amide bonds. The second-order valence-corrected chi connectivity index (χ2v) is 5.20. The van der Waals surface area contributed by atoms with E-state index in [4.69, 9.17) is 0 Å². The molecule has 0 heterocycles. The summed E-state index contributed by atoms with van der Waals surface area (Å²) in [7, 11) is 0. The lowest BCUT2D eigenvalue weighted by Gasteiger charge is -2.29. The summed E-state index contributed by atoms with van der Waals surface area (Å²) in [6, 6.07) is 0.462. The van der Waals surface area contributed by atoms with E-state index in [1.165, 1.54) is 25.7 Å². The Hall–Kier alpha value is -0.530. The minimum atomic E-state index is 0.316. The number of hydrogen-bond acceptors (Lipinski definition) is 1. The fourth-order valence-electron chi connectivity index (χ4n) is 2.51. The van der Waals surface area contributed by atoms with Crippen LogP contribution in [0.4, 0.5) is 0 Å². The Balaban J connectivity index is 1.80. The standard InChI is InChI=1S/C12H21NO/c1-8-5-3-4-6-11(8)13-12(14)10-7-9(10)2/h8-11H,3-7H2,1-2H3,(H,13,14)/t8-,9-,10-,11+/m1/s1. The first-order chi connectivity index (χ1) is 6.68. The van der Waals surface area contributed by atoms with Crippen molar-refractivity contribution in [3.8, 4) is 0 Å². The zero-order valence-corrected chi connectivity index (χ0v) is 9.25. The molecular formula is C12H21NO. The van der Waals surface area contributed by atoms with Crippen LogP contribution in [0.5, 0.6) is 0 Å². The first-order valence-corrected chi connectivity index (χ1v) is 5.99. The summed E-state index contributed by atoms with van der Waals surface area (Å²) in [5.41, 5.74) is 0. The van der Waals surface area contributed by atoms with Gasteiger partial charge >= 0.3 is 0 Å². The van der Waals surface area contributed by atoms with Crippen molar-refractivity contribution in [2.45, 2.75) is 52.0 Å². The number of amides is 1. The van der Waals surface area contributed by atoms with E-state index in [9.17, 15) is 4.79 Å². The third-order valence-corrected chi connectivity index (χ3v) is 3.89. The zero-order valence-electron chi connectivity index (χ0n) is 9.25. The molecule has 0 spiro atoms. The number of carbonyl (C=O) groups is 1. The van der Waals surface area contributed by atoms with Gasteiger partial charge in [0.25, 0.3) is 0 Å². The quantitative estimate of drug-likeness (QED) is 0.720. The van der Waals surface area contributed by atoms with E-state index < -0.39 is 0 Å². The lowest BCUT2D eigenvalue weighted by Crippen LogP contribution is -2.41. The predicted octanol–water partition coefficient (Wildman–Crippen LogP) is 2.34. The highest BCUT2D eigenvalue weighted by molar-refractivity contribution is 5.81. The summed E-state index contributed by atoms with van der Waals surface area (Å²) in [5, 5.41) is 3.22. The van der Waals surface area contributed by atoms with Gasteiger partial charge < -0.3 is 5.32 Å². The van der Waals surface area contributed by atoms with Crippen LogP contribution in [0.2, 0.25) is 0 Å². The average molecular weight is 195 g/mol. The van der Waals surface area contributed by atoms with Crippen LogP contribution < -0.4 is 5.32 Å². The summed E-state index contributed by atoms with van der Waals surface area (Å²) < 4.78 is 0. The molecule has 4 atom stereocenters. The summed E-state index contributed by atoms with van der Waals surface area (Å²) in [6.07, 6.45) is 6.20. The number of nitrogens with one attached hydrogen (secondary N) is 1. The Morgan fingerprint density at radius 3 is 2.36 bits per heavy atom. The predicted molar refractivity (Wildman–Crippen MR) is 56.8 cm³/mol. The van der Waals surface area contributed by atoms with Gasteiger partial charge in [0.1, 0.15) is 0 Å². The first kappa shape index (κ1) is 10.0. The van der Waals surface area contributed by atoms with Gasteiger partial charge in [-0.1, -0.05) is 26.7 Å². The third kappa shape index (κ3) is 2.10. The summed E-state index contributed by atoms with van der Waals surface area (Å²) in [6.45, 7) is 4.43. The highest BCUT2D eigenvalue weighted by Crippen LogP contribution is 2.38. The Kier molecular flexibility index (Phi) is 2.80. The fourth-order valence-corrected chi connectivity index (χ4v) is 2.51. The largest absolute Gasteiger partial charge is 0.353 e. The van der Waals surface area contributed by atoms with Crippen molar-refractivity contribution in [3.63, 3.8) is 0 Å². The third-order valence-electron chi connectivity index (χ3n) is 3.89. The molecule has 2 heteroatoms. The van der Waals surface area contributed by atoms with Gasteiger partial charge in [0, 0.05) is 12.0 Å². The summed E-state index contributed by atoms with van der Waals surface area (Å²) in [4.78, 5) is 11.7. The molecule has 2 saturated carbocycles. The van der Waals surface area contributed by atoms with Crippen molar-refractivity contribution >= 4 is 5.91 Å². The molecule has 0 unspecified atom stereocenters. The van der Waals surface area contributed by atoms with Crippen LogP contribution in [-0.4, -0.2) is 11.9 Å². The van der Waals surface area contributed by atoms with E-state index in [0.717, 1.165) is 6.42 Å². The van der Waals surface area contributed by atoms with Crippen molar-refractivity contribution in [1.82, 2.24) is 5.32 Å². The Morgan fingerprint density at radius 1 is 1.14 bits per heavy atom. The molecular weight excluding hydrogens is 174 g/mol. The molecule has 2 rings (SSSR count). The van der Waals surface area contributed by atoms with Crippen molar-refractivity contribution < 1.29 is 4.79 Å². The molecule has 2 nitrogen and oxygen atoms in total. The van der Waals surface area contributed by atoms with E-state index in [2.05, 4.69) is 19.2 Å². The second kappa shape index (κ2) is 3.92. The number of hydrogen-bond donors (Lipinski definition) is 1. The van der Waals surface area contributed by atoms with Crippen molar-refractivity contribution in [2.75, 3.05) is 0 Å². The van der Waals surface area contributed by atoms with Gasteiger partial charge in [-0.05, 0) is 31.1 Å². The summed E-state index contributed by atoms with van der Waals surface area (Å²) >= 11 is 0. The van der Waals surface area contributed by atoms with Gasteiger partial charge in [-0.3, -0.25) is 4.79 Å². The molecule has 0 aromatic rings. The van der Waals surface area contributed by atoms with Gasteiger partial charge in [0.05, 0.1) is 0 Å². The highest BCUT2D eigenvalue weighted by atomic mass is 16.2. The van der Waals surface area contributed by atoms with Crippen molar-refractivity contribution in [2.24, 2.45) is 17.8 Å². The maximum absolute atomic E-state index is 11.7. The molecule has 2 aliphatic carbocycles. The minimum Gasteiger partial charge on any atom is -0.353 e. The lowest BCUT2D eigenvalue weighted by atomic mass is 9.86. The van der Waals surface area contributed by atoms with Gasteiger partial charge in [-0.25, -0.2) is 0 Å². The maximum atomic E-state index is 11.7. The maximum Gasteiger partial charge on any atom is 0.223 e. The van der Waals surface area contributed by atoms with Crippen LogP contribution in [0.15, 0.2) is 0 Å². The van der Waals surface area contributed by atoms with E-state index in [1.54, 1.807) is 0 Å². The van der Waals surface area contributed by atoms with E-state index >= 15 is 0 Å². The Labute approximate surface area is 86.5 Å². The monoisotopic (exact) mass is 195 g/mol. The Bertz CT molecular complexity index is 226. The summed E-state index contributed by atoms with van der Waals surface area (Å²) in [5.74, 6) is 1.97. The van der Waals surface area contributed by atoms with Gasteiger partial charge in [0.15, 0.2) is 0 Å². The molecule has 14 heavy (non-hydrogen) atoms. The smallest absolute Gasteiger partial charge is 0.223 e. The van der Waals surface area contributed by atoms with E-state index in [1.807, 2.05) is 0 Å². The fraction of sp³-hybridized carbons (Fsp3) is 0.917. The van der Waals surface area contributed by atoms with Gasteiger partial charge in [-0.2, -0.15) is 0 Å². The Morgan fingerprint density at radius 2 is 1.79 bits per heavy atom. The molecule has 2 fully saturated rings. The normalized spacial score (nSPS) is 41.9. The van der Waals surface area contributed by atoms with E-state index in [0.29, 0.717) is 29.7 Å². The molecule has 0 bridgehead atoms. The van der Waals surface area contributed by atoms with Crippen molar-refractivity contribution in [3.05, 3.63) is 0 Å². The minimum absolute atomic E-state index is 0.316. The molecule has 0 radical (unpaired) electrons. The van der Waals surface area contributed by atoms with Crippen LogP contribution in [0, 0.1) is 17.8 Å². The molecule has 1 N–H and O–H groups in total. The topological polar surface area (TPSA) is 29.1 Å². The molecule has 0 saturated heterocycles. The van der Waals surface area contributed by atoms with Gasteiger partial charge in [0.2, 0.25) is 5.91 Å². The first-order valence-electron chi connectivity index (χ1n) is 5.99. The van der Waals surface area contributed by atoms with Crippen molar-refractivity contribution in [1.29, 1.82) is 0 Å². The number of rotatable bonds is 2. The van der Waals surface area contributed by atoms with Gasteiger partial charge in [-0.15, -0.1) is 0 Å². The van der Waals surface area contributed by atoms with E-state index in [-0.39, 0.29) is 0 Å². The van der Waals surface area contributed by atoms with Crippen LogP contribution in [0.3, 0.4) is 0 Å². The van der Waals surface area contributed by atoms with Crippen LogP contribution in [0.25, 0.3) is 0 Å². The highest BCUT2D eigenvalue weighted by Gasteiger charge is 2.40. The van der Waals surface area contributed by atoms with Crippen LogP contribution in [-0.2, 0) is 4.79 Å². The van der Waals surface area contributed by atoms with Crippen LogP contribution >= 0.6 is 0 Å². The second-order valence-electron chi connectivity index (χ2n) is 5.20. The average Bonchev–Trinajstić information content (AvgIpc) is 2.87. The number of carbonyl (C=O) groups excluding carboxylic acids is 1.